The van der Waals surface area contributed by atoms with Gasteiger partial charge >= 0.3 is 0 Å². The van der Waals surface area contributed by atoms with Crippen molar-refractivity contribution in [2.75, 3.05) is 13.1 Å². The zero-order valence-corrected chi connectivity index (χ0v) is 15.3. The van der Waals surface area contributed by atoms with Crippen LogP contribution in [-0.4, -0.2) is 35.2 Å². The van der Waals surface area contributed by atoms with E-state index in [2.05, 4.69) is 67.6 Å². The molecule has 1 fully saturated rings. The van der Waals surface area contributed by atoms with Gasteiger partial charge in [-0.3, -0.25) is 4.90 Å². The lowest BCUT2D eigenvalue weighted by molar-refractivity contribution is -0.189. The Labute approximate surface area is 134 Å². The quantitative estimate of drug-likeness (QED) is 0.890. The van der Waals surface area contributed by atoms with Crippen molar-refractivity contribution in [1.82, 2.24) is 4.90 Å². The lowest BCUT2D eigenvalue weighted by Crippen LogP contribution is -2.59. The average molecular weight is 361 g/mol. The smallest absolute Gasteiger partial charge is 0.0761 e. The van der Waals surface area contributed by atoms with Crippen molar-refractivity contribution in [1.29, 1.82) is 0 Å². The van der Waals surface area contributed by atoms with Crippen LogP contribution in [-0.2, 0) is 4.74 Å². The summed E-state index contributed by atoms with van der Waals surface area (Å²) >= 11 is 5.33. The number of hydrogen-bond donors (Lipinski definition) is 1. The highest BCUT2D eigenvalue weighted by atomic mass is 79.9. The molecule has 20 heavy (non-hydrogen) atoms. The van der Waals surface area contributed by atoms with E-state index in [1.54, 1.807) is 11.3 Å². The van der Waals surface area contributed by atoms with E-state index in [1.807, 2.05) is 0 Å². The maximum atomic E-state index is 6.29. The number of halogens is 1. The largest absolute Gasteiger partial charge is 0.367 e. The molecule has 2 atom stereocenters. The highest BCUT2D eigenvalue weighted by Crippen LogP contribution is 2.37. The Balaban J connectivity index is 2.30. The fraction of sp³-hybridized carbons (Fsp3) is 0.733. The molecule has 2 rings (SSSR count). The third kappa shape index (κ3) is 3.83. The van der Waals surface area contributed by atoms with Gasteiger partial charge in [0.2, 0.25) is 0 Å². The summed E-state index contributed by atoms with van der Waals surface area (Å²) in [5, 5.41) is 0. The molecule has 1 aromatic heterocycles. The summed E-state index contributed by atoms with van der Waals surface area (Å²) in [4.78, 5) is 3.80. The third-order valence-corrected chi connectivity index (χ3v) is 5.19. The van der Waals surface area contributed by atoms with Gasteiger partial charge in [0.25, 0.3) is 0 Å². The van der Waals surface area contributed by atoms with E-state index in [0.29, 0.717) is 0 Å². The van der Waals surface area contributed by atoms with E-state index in [-0.39, 0.29) is 23.3 Å². The van der Waals surface area contributed by atoms with Gasteiger partial charge in [0.05, 0.1) is 21.0 Å². The maximum Gasteiger partial charge on any atom is 0.0761 e. The summed E-state index contributed by atoms with van der Waals surface area (Å²) in [5.41, 5.74) is 6.00. The van der Waals surface area contributed by atoms with Crippen LogP contribution >= 0.6 is 27.3 Å². The monoisotopic (exact) mass is 360 g/mol. The van der Waals surface area contributed by atoms with Gasteiger partial charge in [0.1, 0.15) is 0 Å². The van der Waals surface area contributed by atoms with E-state index in [4.69, 9.17) is 10.5 Å². The molecule has 2 heterocycles. The van der Waals surface area contributed by atoms with Crippen LogP contribution < -0.4 is 5.73 Å². The van der Waals surface area contributed by atoms with E-state index < -0.39 is 0 Å². The zero-order valence-electron chi connectivity index (χ0n) is 12.9. The maximum absolute atomic E-state index is 6.29. The summed E-state index contributed by atoms with van der Waals surface area (Å²) in [7, 11) is 0. The minimum absolute atomic E-state index is 0.0882. The highest BCUT2D eigenvalue weighted by Gasteiger charge is 2.41. The number of hydrogen-bond acceptors (Lipinski definition) is 4. The van der Waals surface area contributed by atoms with Crippen LogP contribution in [0.4, 0.5) is 0 Å². The number of rotatable bonds is 3. The van der Waals surface area contributed by atoms with E-state index in [9.17, 15) is 0 Å². The molecule has 0 aliphatic carbocycles. The lowest BCUT2D eigenvalue weighted by Gasteiger charge is -2.50. The van der Waals surface area contributed by atoms with Crippen LogP contribution in [0.2, 0.25) is 0 Å². The Morgan fingerprint density at radius 3 is 2.20 bits per heavy atom. The SMILES string of the molecule is CC(N)C(c1ccc(Br)s1)N1CC(C)(C)OC(C)(C)C1. The Kier molecular flexibility index (Phi) is 4.67. The molecule has 1 aliphatic rings. The van der Waals surface area contributed by atoms with Gasteiger partial charge in [-0.2, -0.15) is 0 Å². The van der Waals surface area contributed by atoms with Crippen molar-refractivity contribution < 1.29 is 4.74 Å². The molecule has 0 spiro atoms. The molecule has 3 nitrogen and oxygen atoms in total. The normalized spacial score (nSPS) is 25.4. The van der Waals surface area contributed by atoms with Gasteiger partial charge in [-0.1, -0.05) is 0 Å². The van der Waals surface area contributed by atoms with Crippen LogP contribution in [0.5, 0.6) is 0 Å². The van der Waals surface area contributed by atoms with Crippen molar-refractivity contribution in [2.24, 2.45) is 5.73 Å². The van der Waals surface area contributed by atoms with Crippen LogP contribution in [0, 0.1) is 0 Å². The third-order valence-electron chi connectivity index (χ3n) is 3.50. The molecule has 0 bridgehead atoms. The van der Waals surface area contributed by atoms with Crippen LogP contribution in [0.25, 0.3) is 0 Å². The molecule has 1 saturated heterocycles. The first-order valence-electron chi connectivity index (χ1n) is 7.05. The van der Waals surface area contributed by atoms with Crippen molar-refractivity contribution in [3.8, 4) is 0 Å². The number of thiophene rings is 1. The standard InChI is InChI=1S/C15H25BrN2OS/c1-10(17)13(11-6-7-12(16)20-11)18-8-14(2,3)19-15(4,5)9-18/h6-7,10,13H,8-9,17H2,1-5H3. The van der Waals surface area contributed by atoms with Gasteiger partial charge in [-0.25, -0.2) is 0 Å². The fourth-order valence-corrected chi connectivity index (χ4v) is 4.98. The van der Waals surface area contributed by atoms with E-state index in [1.165, 1.54) is 4.88 Å². The van der Waals surface area contributed by atoms with Crippen molar-refractivity contribution >= 4 is 27.3 Å². The molecule has 0 aromatic carbocycles. The first kappa shape index (κ1) is 16.4. The Morgan fingerprint density at radius 2 is 1.80 bits per heavy atom. The van der Waals surface area contributed by atoms with Crippen LogP contribution in [0.15, 0.2) is 15.9 Å². The molecular formula is C15H25BrN2OS. The number of ether oxygens (including phenoxy) is 1. The first-order valence-corrected chi connectivity index (χ1v) is 8.66. The number of nitrogens with two attached hydrogens (primary N) is 1. The molecule has 2 unspecified atom stereocenters. The molecular weight excluding hydrogens is 336 g/mol. The Morgan fingerprint density at radius 1 is 1.25 bits per heavy atom. The molecule has 2 N–H and O–H groups in total. The van der Waals surface area contributed by atoms with Crippen molar-refractivity contribution in [3.63, 3.8) is 0 Å². The predicted octanol–water partition coefficient (Wildman–Crippen LogP) is 3.79. The summed E-state index contributed by atoms with van der Waals surface area (Å²) in [6, 6.07) is 4.61. The van der Waals surface area contributed by atoms with E-state index >= 15 is 0 Å². The van der Waals surface area contributed by atoms with Gasteiger partial charge in [-0.05, 0) is 62.7 Å². The first-order chi connectivity index (χ1) is 9.10. The minimum atomic E-state index is -0.149. The van der Waals surface area contributed by atoms with Crippen LogP contribution in [0.3, 0.4) is 0 Å². The zero-order chi connectivity index (χ0) is 15.1. The molecule has 1 aliphatic heterocycles. The summed E-state index contributed by atoms with van der Waals surface area (Å²) < 4.78 is 7.33. The molecule has 5 heteroatoms. The summed E-state index contributed by atoms with van der Waals surface area (Å²) in [6.45, 7) is 12.5. The highest BCUT2D eigenvalue weighted by molar-refractivity contribution is 9.11. The fourth-order valence-electron chi connectivity index (χ4n) is 3.30. The molecule has 0 radical (unpaired) electrons. The number of nitrogens with zero attached hydrogens (tertiary/aromatic N) is 1. The van der Waals surface area contributed by atoms with Gasteiger partial charge in [-0.15, -0.1) is 11.3 Å². The van der Waals surface area contributed by atoms with Gasteiger partial charge in [0, 0.05) is 24.0 Å². The summed E-state index contributed by atoms with van der Waals surface area (Å²) in [5.74, 6) is 0. The van der Waals surface area contributed by atoms with Gasteiger partial charge < -0.3 is 10.5 Å². The van der Waals surface area contributed by atoms with E-state index in [0.717, 1.165) is 16.9 Å². The topological polar surface area (TPSA) is 38.5 Å². The molecule has 0 amide bonds. The molecule has 0 saturated carbocycles. The second-order valence-corrected chi connectivity index (χ2v) is 9.47. The van der Waals surface area contributed by atoms with Gasteiger partial charge in [0.15, 0.2) is 0 Å². The Bertz CT molecular complexity index is 454. The Hall–Kier alpha value is 0.0600. The van der Waals surface area contributed by atoms with Crippen molar-refractivity contribution in [3.05, 3.63) is 20.8 Å². The second kappa shape index (κ2) is 5.69. The number of morpholine rings is 1. The second-order valence-electron chi connectivity index (χ2n) is 6.97. The molecule has 114 valence electrons. The van der Waals surface area contributed by atoms with Crippen molar-refractivity contribution in [2.45, 2.75) is 57.9 Å². The predicted molar refractivity (Wildman–Crippen MR) is 89.2 cm³/mol. The molecule has 1 aromatic rings. The minimum Gasteiger partial charge on any atom is -0.367 e. The summed E-state index contributed by atoms with van der Waals surface area (Å²) in [6.07, 6.45) is 0. The van der Waals surface area contributed by atoms with Crippen LogP contribution in [0.1, 0.15) is 45.5 Å². The lowest BCUT2D eigenvalue weighted by atomic mass is 9.95. The average Bonchev–Trinajstić information content (AvgIpc) is 2.59.